The molecule has 0 fully saturated rings. The standard InChI is InChI=1S/C12H12N2O2/c15-12(16)9-10-4-7-14(8-5-10)11-3-1-2-6-13-11/h1-7H,8-9H2,(H,15,16). The molecule has 0 bridgehead atoms. The van der Waals surface area contributed by atoms with Gasteiger partial charge in [-0.25, -0.2) is 4.98 Å². The molecule has 4 nitrogen and oxygen atoms in total. The van der Waals surface area contributed by atoms with Gasteiger partial charge in [-0.15, -0.1) is 0 Å². The van der Waals surface area contributed by atoms with Crippen molar-refractivity contribution in [2.75, 3.05) is 11.4 Å². The summed E-state index contributed by atoms with van der Waals surface area (Å²) in [5.41, 5.74) is 0.833. The van der Waals surface area contributed by atoms with Crippen LogP contribution in [0.3, 0.4) is 0 Å². The van der Waals surface area contributed by atoms with E-state index in [0.29, 0.717) is 6.54 Å². The number of carboxylic acid groups (broad SMARTS) is 1. The van der Waals surface area contributed by atoms with E-state index < -0.39 is 5.97 Å². The van der Waals surface area contributed by atoms with Gasteiger partial charge in [-0.3, -0.25) is 4.79 Å². The van der Waals surface area contributed by atoms with E-state index >= 15 is 0 Å². The third-order valence-corrected chi connectivity index (χ3v) is 2.32. The van der Waals surface area contributed by atoms with Crippen LogP contribution in [0.5, 0.6) is 0 Å². The van der Waals surface area contributed by atoms with Gasteiger partial charge in [-0.05, 0) is 23.8 Å². The summed E-state index contributed by atoms with van der Waals surface area (Å²) in [5.74, 6) is 0.0616. The molecule has 0 aliphatic carbocycles. The summed E-state index contributed by atoms with van der Waals surface area (Å²) in [6.07, 6.45) is 7.39. The van der Waals surface area contributed by atoms with Gasteiger partial charge in [0.2, 0.25) is 0 Å². The number of hydrogen-bond acceptors (Lipinski definition) is 3. The van der Waals surface area contributed by atoms with E-state index in [1.165, 1.54) is 0 Å². The number of nitrogens with zero attached hydrogens (tertiary/aromatic N) is 2. The first-order valence-electron chi connectivity index (χ1n) is 5.02. The first-order chi connectivity index (χ1) is 7.75. The SMILES string of the molecule is O=C(O)CC1=CCN(c2ccccn2)C=C1. The highest BCUT2D eigenvalue weighted by Crippen LogP contribution is 2.16. The van der Waals surface area contributed by atoms with Crippen LogP contribution >= 0.6 is 0 Å². The second-order valence-electron chi connectivity index (χ2n) is 3.51. The molecular weight excluding hydrogens is 204 g/mol. The van der Waals surface area contributed by atoms with Crippen LogP contribution in [0.2, 0.25) is 0 Å². The minimum atomic E-state index is -0.804. The van der Waals surface area contributed by atoms with E-state index in [2.05, 4.69) is 4.98 Å². The minimum absolute atomic E-state index is 0.0760. The summed E-state index contributed by atoms with van der Waals surface area (Å²) in [4.78, 5) is 16.7. The third kappa shape index (κ3) is 2.48. The fourth-order valence-electron chi connectivity index (χ4n) is 1.53. The van der Waals surface area contributed by atoms with E-state index in [9.17, 15) is 4.79 Å². The van der Waals surface area contributed by atoms with Crippen molar-refractivity contribution in [3.8, 4) is 0 Å². The largest absolute Gasteiger partial charge is 0.481 e. The number of carbonyl (C=O) groups is 1. The molecule has 82 valence electrons. The predicted octanol–water partition coefficient (Wildman–Crippen LogP) is 1.82. The Hall–Kier alpha value is -2.10. The Bertz CT molecular complexity index is 438. The third-order valence-electron chi connectivity index (χ3n) is 2.32. The first-order valence-corrected chi connectivity index (χ1v) is 5.02. The molecule has 0 unspecified atom stereocenters. The summed E-state index contributed by atoms with van der Waals surface area (Å²) < 4.78 is 0. The lowest BCUT2D eigenvalue weighted by atomic mass is 10.1. The maximum Gasteiger partial charge on any atom is 0.307 e. The number of pyridine rings is 1. The molecule has 0 saturated heterocycles. The summed E-state index contributed by atoms with van der Waals surface area (Å²) in [6.45, 7) is 0.663. The van der Waals surface area contributed by atoms with Crippen LogP contribution < -0.4 is 4.90 Å². The smallest absolute Gasteiger partial charge is 0.307 e. The van der Waals surface area contributed by atoms with Crippen LogP contribution in [0.1, 0.15) is 6.42 Å². The molecule has 1 aromatic heterocycles. The Morgan fingerprint density at radius 1 is 1.50 bits per heavy atom. The number of allylic oxidation sites excluding steroid dienone is 1. The Balaban J connectivity index is 2.03. The molecule has 1 aliphatic heterocycles. The maximum absolute atomic E-state index is 10.5. The topological polar surface area (TPSA) is 53.4 Å². The molecule has 16 heavy (non-hydrogen) atoms. The zero-order valence-electron chi connectivity index (χ0n) is 8.71. The van der Waals surface area contributed by atoms with E-state index in [4.69, 9.17) is 5.11 Å². The molecule has 0 aromatic carbocycles. The highest BCUT2D eigenvalue weighted by atomic mass is 16.4. The van der Waals surface area contributed by atoms with Crippen LogP contribution in [0.4, 0.5) is 5.82 Å². The van der Waals surface area contributed by atoms with Crippen molar-refractivity contribution >= 4 is 11.8 Å². The lowest BCUT2D eigenvalue weighted by molar-refractivity contribution is -0.136. The number of hydrogen-bond donors (Lipinski definition) is 1. The Labute approximate surface area is 93.5 Å². The minimum Gasteiger partial charge on any atom is -0.481 e. The molecule has 2 rings (SSSR count). The van der Waals surface area contributed by atoms with Gasteiger partial charge in [0.15, 0.2) is 0 Å². The number of anilines is 1. The summed E-state index contributed by atoms with van der Waals surface area (Å²) in [7, 11) is 0. The van der Waals surface area contributed by atoms with Gasteiger partial charge in [0.05, 0.1) is 6.42 Å². The van der Waals surface area contributed by atoms with Crippen molar-refractivity contribution < 1.29 is 9.90 Å². The van der Waals surface area contributed by atoms with Gasteiger partial charge in [0.1, 0.15) is 5.82 Å². The van der Waals surface area contributed by atoms with E-state index in [-0.39, 0.29) is 6.42 Å². The zero-order chi connectivity index (χ0) is 11.4. The molecule has 1 aliphatic rings. The molecule has 1 aromatic rings. The maximum atomic E-state index is 10.5. The van der Waals surface area contributed by atoms with Gasteiger partial charge in [0.25, 0.3) is 0 Å². The van der Waals surface area contributed by atoms with E-state index in [1.54, 1.807) is 6.20 Å². The van der Waals surface area contributed by atoms with Crippen molar-refractivity contribution in [2.45, 2.75) is 6.42 Å². The number of rotatable bonds is 3. The highest BCUT2D eigenvalue weighted by molar-refractivity contribution is 5.71. The first kappa shape index (κ1) is 10.4. The second-order valence-corrected chi connectivity index (χ2v) is 3.51. The summed E-state index contributed by atoms with van der Waals surface area (Å²) >= 11 is 0. The summed E-state index contributed by atoms with van der Waals surface area (Å²) in [6, 6.07) is 5.70. The molecule has 0 spiro atoms. The number of aromatic nitrogens is 1. The van der Waals surface area contributed by atoms with Gasteiger partial charge < -0.3 is 10.0 Å². The van der Waals surface area contributed by atoms with Crippen LogP contribution in [0.15, 0.2) is 48.3 Å². The fraction of sp³-hybridized carbons (Fsp3) is 0.167. The quantitative estimate of drug-likeness (QED) is 0.837. The number of carboxylic acids is 1. The zero-order valence-corrected chi connectivity index (χ0v) is 8.71. The number of aliphatic carboxylic acids is 1. The van der Waals surface area contributed by atoms with Crippen molar-refractivity contribution in [3.05, 3.63) is 48.3 Å². The molecular formula is C12H12N2O2. The molecule has 0 radical (unpaired) electrons. The lowest BCUT2D eigenvalue weighted by Crippen LogP contribution is -2.20. The molecule has 1 N–H and O–H groups in total. The molecule has 0 saturated carbocycles. The van der Waals surface area contributed by atoms with Crippen LogP contribution in [-0.4, -0.2) is 22.6 Å². The van der Waals surface area contributed by atoms with E-state index in [0.717, 1.165) is 11.4 Å². The van der Waals surface area contributed by atoms with Crippen LogP contribution in [-0.2, 0) is 4.79 Å². The van der Waals surface area contributed by atoms with Crippen LogP contribution in [0, 0.1) is 0 Å². The van der Waals surface area contributed by atoms with Gasteiger partial charge >= 0.3 is 5.97 Å². The molecule has 0 atom stereocenters. The summed E-state index contributed by atoms with van der Waals surface area (Å²) in [5, 5.41) is 8.65. The van der Waals surface area contributed by atoms with E-state index in [1.807, 2.05) is 41.5 Å². The molecule has 0 amide bonds. The molecule has 4 heteroatoms. The average molecular weight is 216 g/mol. The Kier molecular flexibility index (Phi) is 3.00. The second kappa shape index (κ2) is 4.61. The van der Waals surface area contributed by atoms with Gasteiger partial charge in [-0.2, -0.15) is 0 Å². The Morgan fingerprint density at radius 2 is 2.38 bits per heavy atom. The highest BCUT2D eigenvalue weighted by Gasteiger charge is 2.09. The Morgan fingerprint density at radius 3 is 2.94 bits per heavy atom. The van der Waals surface area contributed by atoms with Crippen molar-refractivity contribution in [1.82, 2.24) is 4.98 Å². The normalized spacial score (nSPS) is 14.8. The van der Waals surface area contributed by atoms with Gasteiger partial charge in [-0.1, -0.05) is 12.1 Å². The average Bonchev–Trinajstić information content (AvgIpc) is 2.30. The fourth-order valence-corrected chi connectivity index (χ4v) is 1.53. The van der Waals surface area contributed by atoms with Crippen molar-refractivity contribution in [2.24, 2.45) is 0 Å². The van der Waals surface area contributed by atoms with Crippen molar-refractivity contribution in [3.63, 3.8) is 0 Å². The van der Waals surface area contributed by atoms with Crippen LogP contribution in [0.25, 0.3) is 0 Å². The predicted molar refractivity (Wildman–Crippen MR) is 61.1 cm³/mol. The monoisotopic (exact) mass is 216 g/mol. The molecule has 2 heterocycles. The van der Waals surface area contributed by atoms with Gasteiger partial charge in [0, 0.05) is 18.9 Å². The lowest BCUT2D eigenvalue weighted by Gasteiger charge is -2.21. The van der Waals surface area contributed by atoms with Crippen molar-refractivity contribution in [1.29, 1.82) is 0 Å².